The minimum Gasteiger partial charge on any atom is -0.381 e. The first-order valence-electron chi connectivity index (χ1n) is 3.79. The van der Waals surface area contributed by atoms with Gasteiger partial charge in [0.15, 0.2) is 11.2 Å². The lowest BCUT2D eigenvalue weighted by molar-refractivity contribution is -0.306. The first-order chi connectivity index (χ1) is 6.21. The van der Waals surface area contributed by atoms with Crippen molar-refractivity contribution in [2.24, 2.45) is 0 Å². The standard InChI is InChI=1S/C7H10F6O2/c1-4(14,6(8,9)10)3-5(2,15)7(11,12)13/h14-15H,3H2,1-2H3. The highest BCUT2D eigenvalue weighted by Crippen LogP contribution is 2.41. The van der Waals surface area contributed by atoms with E-state index in [2.05, 4.69) is 0 Å². The van der Waals surface area contributed by atoms with Crippen molar-refractivity contribution >= 4 is 0 Å². The minimum absolute atomic E-state index is 0.174. The van der Waals surface area contributed by atoms with E-state index >= 15 is 0 Å². The molecule has 0 saturated heterocycles. The monoisotopic (exact) mass is 240 g/mol. The van der Waals surface area contributed by atoms with E-state index < -0.39 is 30.0 Å². The van der Waals surface area contributed by atoms with Gasteiger partial charge >= 0.3 is 12.4 Å². The lowest BCUT2D eigenvalue weighted by atomic mass is 9.88. The Labute approximate surface area is 81.5 Å². The first kappa shape index (κ1) is 14.5. The summed E-state index contributed by atoms with van der Waals surface area (Å²) in [5, 5.41) is 17.5. The number of alkyl halides is 6. The molecule has 0 heterocycles. The highest BCUT2D eigenvalue weighted by atomic mass is 19.4. The Hall–Kier alpha value is -0.500. The summed E-state index contributed by atoms with van der Waals surface area (Å²) in [5.41, 5.74) is -7.18. The average Bonchev–Trinajstić information content (AvgIpc) is 1.77. The number of hydrogen-bond acceptors (Lipinski definition) is 2. The Balaban J connectivity index is 4.89. The van der Waals surface area contributed by atoms with Gasteiger partial charge in [0.25, 0.3) is 0 Å². The van der Waals surface area contributed by atoms with Crippen molar-refractivity contribution in [1.82, 2.24) is 0 Å². The zero-order chi connectivity index (χ0) is 12.7. The van der Waals surface area contributed by atoms with Gasteiger partial charge in [0.05, 0.1) is 0 Å². The third-order valence-corrected chi connectivity index (χ3v) is 1.91. The Morgan fingerprint density at radius 1 is 0.733 bits per heavy atom. The van der Waals surface area contributed by atoms with Crippen molar-refractivity contribution < 1.29 is 36.6 Å². The summed E-state index contributed by atoms with van der Waals surface area (Å²) >= 11 is 0. The van der Waals surface area contributed by atoms with Gasteiger partial charge in [0, 0.05) is 6.42 Å². The number of aliphatic hydroxyl groups is 2. The van der Waals surface area contributed by atoms with Gasteiger partial charge in [-0.3, -0.25) is 0 Å². The fraction of sp³-hybridized carbons (Fsp3) is 1.00. The van der Waals surface area contributed by atoms with Crippen LogP contribution in [0.1, 0.15) is 20.3 Å². The van der Waals surface area contributed by atoms with Crippen molar-refractivity contribution in [1.29, 1.82) is 0 Å². The molecular weight excluding hydrogens is 230 g/mol. The summed E-state index contributed by atoms with van der Waals surface area (Å²) in [5.74, 6) is 0. The summed E-state index contributed by atoms with van der Waals surface area (Å²) in [7, 11) is 0. The quantitative estimate of drug-likeness (QED) is 0.725. The van der Waals surface area contributed by atoms with Crippen molar-refractivity contribution in [3.63, 3.8) is 0 Å². The molecule has 2 atom stereocenters. The molecule has 2 N–H and O–H groups in total. The topological polar surface area (TPSA) is 40.5 Å². The van der Waals surface area contributed by atoms with Gasteiger partial charge in [-0.25, -0.2) is 0 Å². The Morgan fingerprint density at radius 3 is 1.07 bits per heavy atom. The number of hydrogen-bond donors (Lipinski definition) is 2. The molecular formula is C7H10F6O2. The van der Waals surface area contributed by atoms with E-state index in [0.717, 1.165) is 0 Å². The predicted octanol–water partition coefficient (Wildman–Crippen LogP) is 2.00. The second-order valence-corrected chi connectivity index (χ2v) is 3.72. The zero-order valence-corrected chi connectivity index (χ0v) is 7.87. The normalized spacial score (nSPS) is 22.0. The predicted molar refractivity (Wildman–Crippen MR) is 38.0 cm³/mol. The third kappa shape index (κ3) is 3.23. The fourth-order valence-corrected chi connectivity index (χ4v) is 0.871. The van der Waals surface area contributed by atoms with E-state index in [9.17, 15) is 26.3 Å². The lowest BCUT2D eigenvalue weighted by Crippen LogP contribution is -2.53. The summed E-state index contributed by atoms with van der Waals surface area (Å²) in [6.07, 6.45) is -12.3. The smallest absolute Gasteiger partial charge is 0.381 e. The highest BCUT2D eigenvalue weighted by molar-refractivity contribution is 4.93. The van der Waals surface area contributed by atoms with E-state index in [4.69, 9.17) is 10.2 Å². The summed E-state index contributed by atoms with van der Waals surface area (Å²) < 4.78 is 72.1. The molecule has 8 heteroatoms. The maximum atomic E-state index is 12.0. The largest absolute Gasteiger partial charge is 0.417 e. The minimum atomic E-state index is -5.23. The van der Waals surface area contributed by atoms with Crippen molar-refractivity contribution in [3.05, 3.63) is 0 Å². The molecule has 0 aromatic carbocycles. The van der Waals surface area contributed by atoms with Crippen LogP contribution in [0.15, 0.2) is 0 Å². The Morgan fingerprint density at radius 2 is 0.933 bits per heavy atom. The molecule has 0 radical (unpaired) electrons. The summed E-state index contributed by atoms with van der Waals surface area (Å²) in [6.45, 7) is 0.348. The average molecular weight is 240 g/mol. The second kappa shape index (κ2) is 3.51. The lowest BCUT2D eigenvalue weighted by Gasteiger charge is -2.34. The third-order valence-electron chi connectivity index (χ3n) is 1.91. The van der Waals surface area contributed by atoms with Crippen LogP contribution in [0.2, 0.25) is 0 Å². The van der Waals surface area contributed by atoms with Crippen molar-refractivity contribution in [3.8, 4) is 0 Å². The van der Waals surface area contributed by atoms with Crippen molar-refractivity contribution in [2.75, 3.05) is 0 Å². The van der Waals surface area contributed by atoms with E-state index in [0.29, 0.717) is 0 Å². The molecule has 0 aliphatic rings. The van der Waals surface area contributed by atoms with Gasteiger partial charge in [-0.05, 0) is 13.8 Å². The van der Waals surface area contributed by atoms with Crippen LogP contribution in [0, 0.1) is 0 Å². The molecule has 0 aliphatic heterocycles. The summed E-state index contributed by atoms with van der Waals surface area (Å²) in [6, 6.07) is 0. The molecule has 0 rings (SSSR count). The SMILES string of the molecule is CC(O)(CC(C)(O)C(F)(F)F)C(F)(F)F. The molecule has 0 fully saturated rings. The molecule has 92 valence electrons. The number of rotatable bonds is 2. The molecule has 0 aromatic heterocycles. The highest BCUT2D eigenvalue weighted by Gasteiger charge is 2.59. The Kier molecular flexibility index (Phi) is 3.40. The van der Waals surface area contributed by atoms with Crippen molar-refractivity contribution in [2.45, 2.75) is 43.8 Å². The van der Waals surface area contributed by atoms with Gasteiger partial charge in [-0.1, -0.05) is 0 Å². The molecule has 0 aliphatic carbocycles. The van der Waals surface area contributed by atoms with E-state index in [-0.39, 0.29) is 13.8 Å². The summed E-state index contributed by atoms with van der Waals surface area (Å²) in [4.78, 5) is 0. The van der Waals surface area contributed by atoms with E-state index in [1.807, 2.05) is 0 Å². The van der Waals surface area contributed by atoms with Gasteiger partial charge in [0.1, 0.15) is 0 Å². The van der Waals surface area contributed by atoms with Crippen LogP contribution in [-0.4, -0.2) is 33.8 Å². The van der Waals surface area contributed by atoms with Gasteiger partial charge in [-0.2, -0.15) is 26.3 Å². The van der Waals surface area contributed by atoms with Crippen LogP contribution in [0.4, 0.5) is 26.3 Å². The molecule has 0 amide bonds. The van der Waals surface area contributed by atoms with Crippen LogP contribution in [0.3, 0.4) is 0 Å². The molecule has 2 unspecified atom stereocenters. The first-order valence-corrected chi connectivity index (χ1v) is 3.79. The molecule has 0 aromatic rings. The molecule has 0 bridgehead atoms. The number of halogens is 6. The van der Waals surface area contributed by atoms with Crippen LogP contribution in [-0.2, 0) is 0 Å². The van der Waals surface area contributed by atoms with Crippen LogP contribution >= 0.6 is 0 Å². The van der Waals surface area contributed by atoms with Gasteiger partial charge < -0.3 is 10.2 Å². The maximum Gasteiger partial charge on any atom is 0.417 e. The maximum absolute atomic E-state index is 12.0. The Bertz CT molecular complexity index is 203. The van der Waals surface area contributed by atoms with Crippen LogP contribution in [0.25, 0.3) is 0 Å². The fourth-order valence-electron chi connectivity index (χ4n) is 0.871. The van der Waals surface area contributed by atoms with E-state index in [1.165, 1.54) is 0 Å². The van der Waals surface area contributed by atoms with Crippen LogP contribution < -0.4 is 0 Å². The van der Waals surface area contributed by atoms with Gasteiger partial charge in [-0.15, -0.1) is 0 Å². The zero-order valence-electron chi connectivity index (χ0n) is 7.87. The second-order valence-electron chi connectivity index (χ2n) is 3.72. The molecule has 15 heavy (non-hydrogen) atoms. The van der Waals surface area contributed by atoms with Crippen LogP contribution in [0.5, 0.6) is 0 Å². The molecule has 2 nitrogen and oxygen atoms in total. The van der Waals surface area contributed by atoms with E-state index in [1.54, 1.807) is 0 Å². The molecule has 0 spiro atoms. The molecule has 0 saturated carbocycles. The van der Waals surface area contributed by atoms with Gasteiger partial charge in [0.2, 0.25) is 0 Å².